The molecule has 2 aromatic carbocycles. The minimum Gasteiger partial charge on any atom is -0.495 e. The zero-order chi connectivity index (χ0) is 20.5. The van der Waals surface area contributed by atoms with Crippen LogP contribution in [0.15, 0.2) is 41.4 Å². The Morgan fingerprint density at radius 2 is 1.93 bits per heavy atom. The topological polar surface area (TPSA) is 24.8 Å². The summed E-state index contributed by atoms with van der Waals surface area (Å²) < 4.78 is 5.21. The van der Waals surface area contributed by atoms with Crippen molar-refractivity contribution < 1.29 is 4.74 Å². The molecular weight excluding hydrogens is 368 g/mol. The predicted molar refractivity (Wildman–Crippen MR) is 122 cm³/mol. The van der Waals surface area contributed by atoms with Gasteiger partial charge in [0.05, 0.1) is 23.4 Å². The fourth-order valence-electron chi connectivity index (χ4n) is 3.90. The molecule has 148 valence electrons. The minimum atomic E-state index is 0.0228. The smallest absolute Gasteiger partial charge is 0.137 e. The monoisotopic (exact) mass is 396 g/mol. The summed E-state index contributed by atoms with van der Waals surface area (Å²) in [5.74, 6) is 0.657. The van der Waals surface area contributed by atoms with Gasteiger partial charge in [-0.3, -0.25) is 4.99 Å². The summed E-state index contributed by atoms with van der Waals surface area (Å²) in [5, 5.41) is 0.565. The third-order valence-corrected chi connectivity index (χ3v) is 5.60. The van der Waals surface area contributed by atoms with Crippen LogP contribution in [-0.2, 0) is 0 Å². The van der Waals surface area contributed by atoms with Crippen molar-refractivity contribution in [1.29, 1.82) is 0 Å². The third kappa shape index (κ3) is 3.95. The van der Waals surface area contributed by atoms with Crippen molar-refractivity contribution in [2.45, 2.75) is 46.6 Å². The Morgan fingerprint density at radius 1 is 1.18 bits per heavy atom. The van der Waals surface area contributed by atoms with E-state index in [1.807, 2.05) is 24.4 Å². The number of ether oxygens (including phenoxy) is 1. The number of aryl methyl sites for hydroxylation is 1. The van der Waals surface area contributed by atoms with Gasteiger partial charge in [-0.2, -0.15) is 0 Å². The fourth-order valence-corrected chi connectivity index (χ4v) is 4.15. The highest BCUT2D eigenvalue weighted by Gasteiger charge is 2.31. The number of benzene rings is 2. The summed E-state index contributed by atoms with van der Waals surface area (Å²) in [6.07, 6.45) is 5.41. The van der Waals surface area contributed by atoms with E-state index in [1.54, 1.807) is 7.11 Å². The molecule has 2 aromatic rings. The largest absolute Gasteiger partial charge is 0.495 e. The maximum atomic E-state index is 6.22. The molecule has 0 aromatic heterocycles. The highest BCUT2D eigenvalue weighted by atomic mass is 35.5. The Bertz CT molecular complexity index is 944. The Morgan fingerprint density at radius 3 is 2.57 bits per heavy atom. The van der Waals surface area contributed by atoms with Crippen LogP contribution in [0.1, 0.15) is 50.8 Å². The number of nitrogens with zero attached hydrogens (tertiary/aromatic N) is 2. The zero-order valence-corrected chi connectivity index (χ0v) is 18.4. The first-order valence-electron chi connectivity index (χ1n) is 9.76. The van der Waals surface area contributed by atoms with Crippen molar-refractivity contribution in [3.63, 3.8) is 0 Å². The lowest BCUT2D eigenvalue weighted by molar-refractivity contribution is 0.415. The van der Waals surface area contributed by atoms with Crippen LogP contribution in [0.25, 0.3) is 5.57 Å². The van der Waals surface area contributed by atoms with Gasteiger partial charge in [0.15, 0.2) is 0 Å². The second kappa shape index (κ2) is 8.00. The molecule has 0 bridgehead atoms. The van der Waals surface area contributed by atoms with Gasteiger partial charge < -0.3 is 9.64 Å². The van der Waals surface area contributed by atoms with Crippen LogP contribution >= 0.6 is 11.6 Å². The molecule has 0 amide bonds. The Balaban J connectivity index is 1.99. The molecule has 0 atom stereocenters. The van der Waals surface area contributed by atoms with Crippen LogP contribution in [0.5, 0.6) is 5.75 Å². The van der Waals surface area contributed by atoms with Gasteiger partial charge in [-0.1, -0.05) is 24.6 Å². The fraction of sp³-hybridized carbons (Fsp3) is 0.375. The van der Waals surface area contributed by atoms with E-state index in [-0.39, 0.29) is 5.54 Å². The van der Waals surface area contributed by atoms with Gasteiger partial charge in [-0.05, 0) is 81.1 Å². The molecule has 3 rings (SSSR count). The molecule has 0 fully saturated rings. The summed E-state index contributed by atoms with van der Waals surface area (Å²) in [5.41, 5.74) is 7.08. The average molecular weight is 397 g/mol. The van der Waals surface area contributed by atoms with Crippen molar-refractivity contribution in [1.82, 2.24) is 0 Å². The van der Waals surface area contributed by atoms with Crippen LogP contribution in [0, 0.1) is 6.92 Å². The van der Waals surface area contributed by atoms with Crippen LogP contribution in [0.2, 0.25) is 5.02 Å². The number of hydrogen-bond acceptors (Lipinski definition) is 3. The van der Waals surface area contributed by atoms with Crippen LogP contribution in [-0.4, -0.2) is 25.4 Å². The second-order valence-corrected chi connectivity index (χ2v) is 8.34. The van der Waals surface area contributed by atoms with Gasteiger partial charge in [-0.15, -0.1) is 0 Å². The summed E-state index contributed by atoms with van der Waals surface area (Å²) in [7, 11) is 1.61. The highest BCUT2D eigenvalue weighted by molar-refractivity contribution is 6.32. The van der Waals surface area contributed by atoms with E-state index in [0.29, 0.717) is 10.8 Å². The zero-order valence-electron chi connectivity index (χ0n) is 17.6. The molecule has 4 heteroatoms. The summed E-state index contributed by atoms with van der Waals surface area (Å²) in [6.45, 7) is 12.2. The molecule has 0 aliphatic carbocycles. The minimum absolute atomic E-state index is 0.0228. The number of methoxy groups -OCH3 is 1. The van der Waals surface area contributed by atoms with Gasteiger partial charge in [0.1, 0.15) is 5.75 Å². The van der Waals surface area contributed by atoms with E-state index < -0.39 is 0 Å². The van der Waals surface area contributed by atoms with Crippen LogP contribution in [0.3, 0.4) is 0 Å². The summed E-state index contributed by atoms with van der Waals surface area (Å²) in [6, 6.07) is 10.1. The van der Waals surface area contributed by atoms with Crippen molar-refractivity contribution in [3.05, 3.63) is 58.1 Å². The molecule has 0 spiro atoms. The van der Waals surface area contributed by atoms with E-state index in [9.17, 15) is 0 Å². The van der Waals surface area contributed by atoms with Crippen molar-refractivity contribution in [2.75, 3.05) is 18.6 Å². The molecule has 3 nitrogen and oxygen atoms in total. The van der Waals surface area contributed by atoms with Crippen molar-refractivity contribution in [2.24, 2.45) is 4.99 Å². The molecule has 1 heterocycles. The molecular formula is C24H29ClN2O. The van der Waals surface area contributed by atoms with Gasteiger partial charge in [-0.25, -0.2) is 0 Å². The number of allylic oxidation sites excluding steroid dienone is 1. The molecule has 1 aliphatic rings. The maximum Gasteiger partial charge on any atom is 0.137 e. The molecule has 0 unspecified atom stereocenters. The molecule has 0 radical (unpaired) electrons. The second-order valence-electron chi connectivity index (χ2n) is 7.94. The maximum absolute atomic E-state index is 6.22. The molecule has 0 N–H and O–H groups in total. The summed E-state index contributed by atoms with van der Waals surface area (Å²) >= 11 is 6.22. The van der Waals surface area contributed by atoms with Crippen LogP contribution < -0.4 is 9.64 Å². The molecule has 1 aliphatic heterocycles. The normalized spacial score (nSPS) is 15.5. The quantitative estimate of drug-likeness (QED) is 0.518. The lowest BCUT2D eigenvalue weighted by atomic mass is 9.87. The molecule has 0 saturated heterocycles. The van der Waals surface area contributed by atoms with Crippen molar-refractivity contribution >= 4 is 34.8 Å². The highest BCUT2D eigenvalue weighted by Crippen LogP contribution is 2.40. The number of hydrogen-bond donors (Lipinski definition) is 0. The van der Waals surface area contributed by atoms with E-state index in [1.165, 1.54) is 22.4 Å². The average Bonchev–Trinajstić information content (AvgIpc) is 2.63. The van der Waals surface area contributed by atoms with Crippen LogP contribution in [0.4, 0.5) is 11.4 Å². The Kier molecular flexibility index (Phi) is 5.85. The first-order valence-corrected chi connectivity index (χ1v) is 10.1. The van der Waals surface area contributed by atoms with Gasteiger partial charge in [0.25, 0.3) is 0 Å². The molecule has 28 heavy (non-hydrogen) atoms. The first kappa shape index (κ1) is 20.5. The first-order chi connectivity index (χ1) is 13.3. The standard InChI is InChI=1S/C24H29ClN2O/c1-7-10-27-22-11-16(2)18(12-20(22)17(3)14-24(27,4)5)15-26-19-8-9-23(28-6)21(25)13-19/h8-9,11-15H,7,10H2,1-6H3. The van der Waals surface area contributed by atoms with E-state index in [2.05, 4.69) is 62.7 Å². The number of halogens is 1. The van der Waals surface area contributed by atoms with Crippen molar-refractivity contribution in [3.8, 4) is 5.75 Å². The lowest BCUT2D eigenvalue weighted by Gasteiger charge is -2.43. The SMILES string of the molecule is CCCN1c2cc(C)c(C=Nc3ccc(OC)c(Cl)c3)cc2C(C)=CC1(C)C. The number of fused-ring (bicyclic) bond motifs is 1. The van der Waals surface area contributed by atoms with Gasteiger partial charge in [0.2, 0.25) is 0 Å². The number of aliphatic imine (C=N–C) groups is 1. The number of rotatable bonds is 5. The summed E-state index contributed by atoms with van der Waals surface area (Å²) in [4.78, 5) is 7.14. The van der Waals surface area contributed by atoms with E-state index in [0.717, 1.165) is 24.2 Å². The van der Waals surface area contributed by atoms with E-state index in [4.69, 9.17) is 16.3 Å². The number of anilines is 1. The van der Waals surface area contributed by atoms with Gasteiger partial charge >= 0.3 is 0 Å². The van der Waals surface area contributed by atoms with Gasteiger partial charge in [0, 0.05) is 24.0 Å². The Hall–Kier alpha value is -2.26. The third-order valence-electron chi connectivity index (χ3n) is 5.30. The lowest BCUT2D eigenvalue weighted by Crippen LogP contribution is -2.45. The van der Waals surface area contributed by atoms with E-state index >= 15 is 0 Å². The molecule has 0 saturated carbocycles. The Labute approximate surface area is 173 Å². The predicted octanol–water partition coefficient (Wildman–Crippen LogP) is 6.82.